The minimum Gasteiger partial charge on any atom is -0.382 e. The lowest BCUT2D eigenvalue weighted by atomic mass is 10.1. The van der Waals surface area contributed by atoms with Crippen molar-refractivity contribution in [1.82, 2.24) is 5.32 Å². The van der Waals surface area contributed by atoms with E-state index in [1.807, 2.05) is 31.3 Å². The molecular weight excluding hydrogens is 238 g/mol. The van der Waals surface area contributed by atoms with Crippen molar-refractivity contribution in [2.45, 2.75) is 12.5 Å². The number of methoxy groups -OCH3 is 1. The minimum atomic E-state index is 0.313. The van der Waals surface area contributed by atoms with Crippen LogP contribution in [0.25, 0.3) is 0 Å². The molecule has 0 aliphatic carbocycles. The summed E-state index contributed by atoms with van der Waals surface area (Å²) in [4.78, 5) is 0. The second-order valence-corrected chi connectivity index (χ2v) is 4.32. The molecule has 1 atom stereocenters. The van der Waals surface area contributed by atoms with Crippen molar-refractivity contribution in [2.75, 3.05) is 34.0 Å². The first kappa shape index (κ1) is 14.5. The van der Waals surface area contributed by atoms with Crippen LogP contribution in [0, 0.1) is 0 Å². The number of benzene rings is 1. The van der Waals surface area contributed by atoms with Gasteiger partial charge in [0.15, 0.2) is 0 Å². The number of hydrogen-bond acceptors (Lipinski definition) is 3. The van der Waals surface area contributed by atoms with Gasteiger partial charge in [-0.25, -0.2) is 0 Å². The highest BCUT2D eigenvalue weighted by atomic mass is 35.5. The average molecular weight is 258 g/mol. The van der Waals surface area contributed by atoms with E-state index in [-0.39, 0.29) is 0 Å². The first-order chi connectivity index (χ1) is 8.26. The van der Waals surface area contributed by atoms with Crippen LogP contribution < -0.4 is 5.32 Å². The Bertz CT molecular complexity index is 303. The third-order valence-electron chi connectivity index (χ3n) is 2.55. The number of nitrogens with one attached hydrogen (secondary N) is 1. The summed E-state index contributed by atoms with van der Waals surface area (Å²) in [6.07, 6.45) is 0.931. The first-order valence-corrected chi connectivity index (χ1v) is 6.12. The van der Waals surface area contributed by atoms with Gasteiger partial charge in [0.25, 0.3) is 0 Å². The van der Waals surface area contributed by atoms with E-state index in [0.29, 0.717) is 25.9 Å². The van der Waals surface area contributed by atoms with Crippen molar-refractivity contribution in [1.29, 1.82) is 0 Å². The van der Waals surface area contributed by atoms with Crippen molar-refractivity contribution in [3.63, 3.8) is 0 Å². The Morgan fingerprint density at radius 3 is 2.53 bits per heavy atom. The van der Waals surface area contributed by atoms with Crippen molar-refractivity contribution in [2.24, 2.45) is 0 Å². The monoisotopic (exact) mass is 257 g/mol. The number of ether oxygens (including phenoxy) is 2. The molecule has 1 aromatic carbocycles. The molecule has 96 valence electrons. The van der Waals surface area contributed by atoms with Crippen LogP contribution in [0.15, 0.2) is 24.3 Å². The second kappa shape index (κ2) is 8.48. The highest BCUT2D eigenvalue weighted by Crippen LogP contribution is 2.11. The molecule has 0 aromatic heterocycles. The van der Waals surface area contributed by atoms with E-state index in [1.165, 1.54) is 5.56 Å². The summed E-state index contributed by atoms with van der Waals surface area (Å²) in [6.45, 7) is 1.95. The van der Waals surface area contributed by atoms with E-state index < -0.39 is 0 Å². The van der Waals surface area contributed by atoms with Crippen LogP contribution in [0.3, 0.4) is 0 Å². The first-order valence-electron chi connectivity index (χ1n) is 5.74. The Kier molecular flexibility index (Phi) is 7.21. The van der Waals surface area contributed by atoms with Gasteiger partial charge < -0.3 is 14.8 Å². The van der Waals surface area contributed by atoms with Crippen LogP contribution in [0.1, 0.15) is 5.56 Å². The summed E-state index contributed by atoms with van der Waals surface area (Å²) < 4.78 is 10.4. The molecule has 0 saturated heterocycles. The predicted molar refractivity (Wildman–Crippen MR) is 70.7 cm³/mol. The van der Waals surface area contributed by atoms with E-state index in [9.17, 15) is 0 Å². The van der Waals surface area contributed by atoms with Gasteiger partial charge in [-0.05, 0) is 31.2 Å². The highest BCUT2D eigenvalue weighted by molar-refractivity contribution is 6.30. The molecule has 0 bridgehead atoms. The fourth-order valence-electron chi connectivity index (χ4n) is 1.52. The molecule has 1 rings (SSSR count). The Labute approximate surface area is 108 Å². The lowest BCUT2D eigenvalue weighted by molar-refractivity contribution is 0.0598. The van der Waals surface area contributed by atoms with Crippen molar-refractivity contribution in [3.05, 3.63) is 34.9 Å². The number of rotatable bonds is 8. The zero-order valence-electron chi connectivity index (χ0n) is 10.4. The summed E-state index contributed by atoms with van der Waals surface area (Å²) in [5.74, 6) is 0. The molecule has 0 saturated carbocycles. The molecule has 3 nitrogen and oxygen atoms in total. The van der Waals surface area contributed by atoms with Gasteiger partial charge in [-0.2, -0.15) is 0 Å². The molecule has 0 aliphatic rings. The number of likely N-dealkylation sites (N-methyl/N-ethyl adjacent to an activating group) is 1. The molecule has 1 N–H and O–H groups in total. The van der Waals surface area contributed by atoms with Gasteiger partial charge in [-0.3, -0.25) is 0 Å². The molecule has 1 aromatic rings. The van der Waals surface area contributed by atoms with E-state index in [4.69, 9.17) is 21.1 Å². The normalized spacial score (nSPS) is 12.6. The molecule has 0 spiro atoms. The Morgan fingerprint density at radius 2 is 1.94 bits per heavy atom. The summed E-state index contributed by atoms with van der Waals surface area (Å²) in [6, 6.07) is 8.22. The lowest BCUT2D eigenvalue weighted by Crippen LogP contribution is -2.33. The van der Waals surface area contributed by atoms with Crippen LogP contribution in [0.2, 0.25) is 5.02 Å². The molecular formula is C13H20ClNO2. The molecule has 0 radical (unpaired) electrons. The molecule has 0 fully saturated rings. The van der Waals surface area contributed by atoms with Crippen LogP contribution in [-0.4, -0.2) is 40.0 Å². The molecule has 17 heavy (non-hydrogen) atoms. The molecule has 0 aliphatic heterocycles. The number of hydrogen-bond donors (Lipinski definition) is 1. The average Bonchev–Trinajstić information content (AvgIpc) is 2.35. The molecule has 1 unspecified atom stereocenters. The van der Waals surface area contributed by atoms with Gasteiger partial charge in [0.1, 0.15) is 0 Å². The summed E-state index contributed by atoms with van der Waals surface area (Å²) in [7, 11) is 3.62. The van der Waals surface area contributed by atoms with E-state index in [2.05, 4.69) is 5.32 Å². The van der Waals surface area contributed by atoms with Gasteiger partial charge in [-0.15, -0.1) is 0 Å². The Morgan fingerprint density at radius 1 is 1.24 bits per heavy atom. The zero-order chi connectivity index (χ0) is 12.5. The third kappa shape index (κ3) is 6.03. The largest absolute Gasteiger partial charge is 0.382 e. The fourth-order valence-corrected chi connectivity index (χ4v) is 1.64. The van der Waals surface area contributed by atoms with Crippen LogP contribution in [0.4, 0.5) is 0 Å². The summed E-state index contributed by atoms with van der Waals surface area (Å²) in [5, 5.41) is 4.01. The van der Waals surface area contributed by atoms with E-state index in [0.717, 1.165) is 11.4 Å². The highest BCUT2D eigenvalue weighted by Gasteiger charge is 2.07. The predicted octanol–water partition coefficient (Wildman–Crippen LogP) is 2.13. The third-order valence-corrected chi connectivity index (χ3v) is 2.81. The molecule has 4 heteroatoms. The van der Waals surface area contributed by atoms with Gasteiger partial charge >= 0.3 is 0 Å². The van der Waals surface area contributed by atoms with Crippen LogP contribution in [0.5, 0.6) is 0 Å². The van der Waals surface area contributed by atoms with Crippen molar-refractivity contribution < 1.29 is 9.47 Å². The fraction of sp³-hybridized carbons (Fsp3) is 0.538. The van der Waals surface area contributed by atoms with Crippen molar-refractivity contribution >= 4 is 11.6 Å². The SMILES string of the molecule is CNC(COCCOC)Cc1ccc(Cl)cc1. The van der Waals surface area contributed by atoms with E-state index >= 15 is 0 Å². The quantitative estimate of drug-likeness (QED) is 0.724. The van der Waals surface area contributed by atoms with E-state index in [1.54, 1.807) is 7.11 Å². The van der Waals surface area contributed by atoms with Crippen LogP contribution in [-0.2, 0) is 15.9 Å². The van der Waals surface area contributed by atoms with Gasteiger partial charge in [-0.1, -0.05) is 23.7 Å². The summed E-state index contributed by atoms with van der Waals surface area (Å²) >= 11 is 5.85. The standard InChI is InChI=1S/C13H20ClNO2/c1-15-13(10-17-8-7-16-2)9-11-3-5-12(14)6-4-11/h3-6,13,15H,7-10H2,1-2H3. The molecule has 0 heterocycles. The summed E-state index contributed by atoms with van der Waals surface area (Å²) in [5.41, 5.74) is 1.25. The second-order valence-electron chi connectivity index (χ2n) is 3.88. The zero-order valence-corrected chi connectivity index (χ0v) is 11.2. The van der Waals surface area contributed by atoms with Crippen molar-refractivity contribution in [3.8, 4) is 0 Å². The smallest absolute Gasteiger partial charge is 0.0701 e. The van der Waals surface area contributed by atoms with Gasteiger partial charge in [0.05, 0.1) is 19.8 Å². The minimum absolute atomic E-state index is 0.313. The topological polar surface area (TPSA) is 30.5 Å². The maximum atomic E-state index is 5.85. The Hall–Kier alpha value is -0.610. The van der Waals surface area contributed by atoms with Gasteiger partial charge in [0.2, 0.25) is 0 Å². The molecule has 0 amide bonds. The Balaban J connectivity index is 2.33. The maximum Gasteiger partial charge on any atom is 0.0701 e. The number of halogens is 1. The van der Waals surface area contributed by atoms with Crippen LogP contribution >= 0.6 is 11.6 Å². The van der Waals surface area contributed by atoms with Gasteiger partial charge in [0, 0.05) is 18.2 Å². The lowest BCUT2D eigenvalue weighted by Gasteiger charge is -2.16. The maximum absolute atomic E-state index is 5.85.